The van der Waals surface area contributed by atoms with Crippen LogP contribution in [-0.4, -0.2) is 19.2 Å². The van der Waals surface area contributed by atoms with Gasteiger partial charge < -0.3 is 4.57 Å². The van der Waals surface area contributed by atoms with E-state index in [0.29, 0.717) is 11.6 Å². The number of rotatable bonds is 6. The van der Waals surface area contributed by atoms with Crippen LogP contribution in [0, 0.1) is 19.8 Å². The maximum Gasteiger partial charge on any atom is 0.238 e. The van der Waals surface area contributed by atoms with Gasteiger partial charge in [0, 0.05) is 23.5 Å². The monoisotopic (exact) mass is 348 g/mol. The van der Waals surface area contributed by atoms with E-state index in [0.717, 1.165) is 12.1 Å². The summed E-state index contributed by atoms with van der Waals surface area (Å²) in [6.07, 6.45) is 1.77. The zero-order valence-corrected chi connectivity index (χ0v) is 15.3. The number of benzene rings is 1. The molecular formula is C17H24N4O2S. The minimum atomic E-state index is -3.67. The minimum Gasteiger partial charge on any atom is -0.348 e. The first-order valence-electron chi connectivity index (χ1n) is 7.77. The number of aryl methyl sites for hydroxylation is 1. The summed E-state index contributed by atoms with van der Waals surface area (Å²) in [5.41, 5.74) is 7.03. The highest BCUT2D eigenvalue weighted by Crippen LogP contribution is 2.16. The molecule has 1 aromatic carbocycles. The van der Waals surface area contributed by atoms with Crippen LogP contribution in [0.3, 0.4) is 0 Å². The maximum absolute atomic E-state index is 11.2. The summed E-state index contributed by atoms with van der Waals surface area (Å²) in [6, 6.07) is 8.24. The van der Waals surface area contributed by atoms with Crippen LogP contribution in [-0.2, 0) is 16.6 Å². The summed E-state index contributed by atoms with van der Waals surface area (Å²) in [5.74, 6) is 0.579. The highest BCUT2D eigenvalue weighted by atomic mass is 32.2. The van der Waals surface area contributed by atoms with Crippen LogP contribution in [0.25, 0.3) is 0 Å². The standard InChI is InChI=1S/C17H24N4O2S/c1-12(2)11-21-13(3)9-15(14(21)4)10-19-20-16-5-7-17(8-6-16)24(18,22)23/h5-10,12,20H,11H2,1-4H3,(H2,18,22,23)/b19-10+. The molecule has 0 saturated heterocycles. The number of nitrogens with one attached hydrogen (secondary N) is 1. The molecule has 1 aromatic heterocycles. The summed E-state index contributed by atoms with van der Waals surface area (Å²) < 4.78 is 24.7. The van der Waals surface area contributed by atoms with Crippen LogP contribution in [0.15, 0.2) is 40.3 Å². The molecule has 2 rings (SSSR count). The Morgan fingerprint density at radius 3 is 2.42 bits per heavy atom. The lowest BCUT2D eigenvalue weighted by atomic mass is 10.2. The molecule has 0 aliphatic rings. The van der Waals surface area contributed by atoms with E-state index in [1.54, 1.807) is 18.3 Å². The van der Waals surface area contributed by atoms with E-state index in [1.165, 1.54) is 23.5 Å². The van der Waals surface area contributed by atoms with Gasteiger partial charge in [0.15, 0.2) is 0 Å². The van der Waals surface area contributed by atoms with Gasteiger partial charge in [-0.3, -0.25) is 5.43 Å². The van der Waals surface area contributed by atoms with E-state index < -0.39 is 10.0 Å². The lowest BCUT2D eigenvalue weighted by Gasteiger charge is -2.11. The number of sulfonamides is 1. The van der Waals surface area contributed by atoms with Gasteiger partial charge in [-0.25, -0.2) is 13.6 Å². The molecule has 6 nitrogen and oxygen atoms in total. The number of aromatic nitrogens is 1. The van der Waals surface area contributed by atoms with Crippen LogP contribution in [0.4, 0.5) is 5.69 Å². The number of primary sulfonamides is 1. The molecule has 0 bridgehead atoms. The van der Waals surface area contributed by atoms with E-state index in [9.17, 15) is 8.42 Å². The molecule has 130 valence electrons. The molecule has 0 saturated carbocycles. The molecule has 0 fully saturated rings. The van der Waals surface area contributed by atoms with Crippen molar-refractivity contribution in [2.24, 2.45) is 16.2 Å². The highest BCUT2D eigenvalue weighted by molar-refractivity contribution is 7.89. The van der Waals surface area contributed by atoms with Gasteiger partial charge >= 0.3 is 0 Å². The molecule has 2 aromatic rings. The average molecular weight is 348 g/mol. The Bertz CT molecular complexity index is 834. The Morgan fingerprint density at radius 2 is 1.88 bits per heavy atom. The predicted molar refractivity (Wildman–Crippen MR) is 97.8 cm³/mol. The SMILES string of the molecule is Cc1cc(/C=N/Nc2ccc(S(N)(=O)=O)cc2)c(C)n1CC(C)C. The Labute approximate surface area is 143 Å². The minimum absolute atomic E-state index is 0.0780. The van der Waals surface area contributed by atoms with Crippen molar-refractivity contribution in [3.05, 3.63) is 47.3 Å². The van der Waals surface area contributed by atoms with Gasteiger partial charge in [-0.15, -0.1) is 0 Å². The third-order valence-electron chi connectivity index (χ3n) is 3.74. The lowest BCUT2D eigenvalue weighted by molar-refractivity contribution is 0.509. The second-order valence-corrected chi connectivity index (χ2v) is 7.83. The predicted octanol–water partition coefficient (Wildman–Crippen LogP) is 2.85. The molecule has 7 heteroatoms. The molecule has 0 spiro atoms. The zero-order valence-electron chi connectivity index (χ0n) is 14.4. The van der Waals surface area contributed by atoms with Gasteiger partial charge in [0.25, 0.3) is 0 Å². The zero-order chi connectivity index (χ0) is 17.9. The normalized spacial score (nSPS) is 12.2. The van der Waals surface area contributed by atoms with Gasteiger partial charge in [-0.2, -0.15) is 5.10 Å². The fourth-order valence-electron chi connectivity index (χ4n) is 2.50. The van der Waals surface area contributed by atoms with E-state index in [1.807, 2.05) is 0 Å². The Balaban J connectivity index is 2.09. The van der Waals surface area contributed by atoms with Gasteiger partial charge in [0.1, 0.15) is 0 Å². The molecule has 0 radical (unpaired) electrons. The van der Waals surface area contributed by atoms with Crippen LogP contribution in [0.2, 0.25) is 0 Å². The van der Waals surface area contributed by atoms with Crippen LogP contribution in [0.5, 0.6) is 0 Å². The first kappa shape index (κ1) is 18.2. The van der Waals surface area contributed by atoms with Crippen molar-refractivity contribution in [2.45, 2.75) is 39.1 Å². The maximum atomic E-state index is 11.2. The molecule has 0 atom stereocenters. The molecule has 0 unspecified atom stereocenters. The fourth-order valence-corrected chi connectivity index (χ4v) is 3.02. The second-order valence-electron chi connectivity index (χ2n) is 6.27. The second kappa shape index (κ2) is 7.19. The van der Waals surface area contributed by atoms with Gasteiger partial charge in [-0.05, 0) is 50.1 Å². The number of anilines is 1. The van der Waals surface area contributed by atoms with Crippen LogP contribution >= 0.6 is 0 Å². The Kier molecular flexibility index (Phi) is 5.46. The first-order valence-corrected chi connectivity index (χ1v) is 9.32. The smallest absolute Gasteiger partial charge is 0.238 e. The first-order chi connectivity index (χ1) is 11.2. The summed E-state index contributed by atoms with van der Waals surface area (Å²) in [5, 5.41) is 9.30. The molecular weight excluding hydrogens is 324 g/mol. The third kappa shape index (κ3) is 4.46. The van der Waals surface area contributed by atoms with Crippen molar-refractivity contribution in [3.8, 4) is 0 Å². The summed E-state index contributed by atoms with van der Waals surface area (Å²) in [6.45, 7) is 9.54. The third-order valence-corrected chi connectivity index (χ3v) is 4.67. The van der Waals surface area contributed by atoms with Crippen molar-refractivity contribution >= 4 is 21.9 Å². The van der Waals surface area contributed by atoms with E-state index in [-0.39, 0.29) is 4.90 Å². The molecule has 0 aliphatic carbocycles. The van der Waals surface area contributed by atoms with E-state index in [2.05, 4.69) is 48.9 Å². The van der Waals surface area contributed by atoms with Gasteiger partial charge in [0.2, 0.25) is 10.0 Å². The van der Waals surface area contributed by atoms with Crippen molar-refractivity contribution in [1.82, 2.24) is 4.57 Å². The van der Waals surface area contributed by atoms with E-state index in [4.69, 9.17) is 5.14 Å². The number of nitrogens with two attached hydrogens (primary N) is 1. The van der Waals surface area contributed by atoms with Gasteiger partial charge in [0.05, 0.1) is 16.8 Å². The fraction of sp³-hybridized carbons (Fsp3) is 0.353. The van der Waals surface area contributed by atoms with Crippen LogP contribution in [0.1, 0.15) is 30.8 Å². The number of hydrogen-bond acceptors (Lipinski definition) is 4. The Hall–Kier alpha value is -2.12. The van der Waals surface area contributed by atoms with Gasteiger partial charge in [-0.1, -0.05) is 13.8 Å². The highest BCUT2D eigenvalue weighted by Gasteiger charge is 2.09. The summed E-state index contributed by atoms with van der Waals surface area (Å²) >= 11 is 0. The number of nitrogens with zero attached hydrogens (tertiary/aromatic N) is 2. The average Bonchev–Trinajstić information content (AvgIpc) is 2.74. The topological polar surface area (TPSA) is 89.5 Å². The largest absolute Gasteiger partial charge is 0.348 e. The number of hydrazone groups is 1. The van der Waals surface area contributed by atoms with E-state index >= 15 is 0 Å². The van der Waals surface area contributed by atoms with Crippen molar-refractivity contribution in [3.63, 3.8) is 0 Å². The quantitative estimate of drug-likeness (QED) is 0.621. The molecule has 3 N–H and O–H groups in total. The number of hydrogen-bond donors (Lipinski definition) is 2. The molecule has 1 heterocycles. The molecule has 24 heavy (non-hydrogen) atoms. The molecule has 0 amide bonds. The molecule has 0 aliphatic heterocycles. The van der Waals surface area contributed by atoms with Crippen molar-refractivity contribution in [2.75, 3.05) is 5.43 Å². The lowest BCUT2D eigenvalue weighted by Crippen LogP contribution is -2.11. The van der Waals surface area contributed by atoms with Crippen LogP contribution < -0.4 is 10.6 Å². The van der Waals surface area contributed by atoms with Crippen molar-refractivity contribution < 1.29 is 8.42 Å². The Morgan fingerprint density at radius 1 is 1.25 bits per heavy atom. The van der Waals surface area contributed by atoms with Crippen molar-refractivity contribution in [1.29, 1.82) is 0 Å². The summed E-state index contributed by atoms with van der Waals surface area (Å²) in [4.78, 5) is 0.0780. The summed E-state index contributed by atoms with van der Waals surface area (Å²) in [7, 11) is -3.67.